The molecule has 1 heterocycles. The fraction of sp³-hybridized carbons (Fsp3) is 0.455. The fourth-order valence-corrected chi connectivity index (χ4v) is 3.61. The first-order chi connectivity index (χ1) is 9.72. The lowest BCUT2D eigenvalue weighted by molar-refractivity contribution is 0.157. The number of hydrogen-bond acceptors (Lipinski definition) is 6. The Morgan fingerprint density at radius 3 is 2.43 bits per heavy atom. The highest BCUT2D eigenvalue weighted by Gasteiger charge is 2.33. The largest absolute Gasteiger partial charge is 0.424 e. The van der Waals surface area contributed by atoms with Crippen LogP contribution in [0.15, 0.2) is 30.3 Å². The molecule has 0 spiro atoms. The van der Waals surface area contributed by atoms with E-state index >= 15 is 0 Å². The van der Waals surface area contributed by atoms with E-state index in [9.17, 15) is 4.57 Å². The normalized spacial score (nSPS) is 25.6. The summed E-state index contributed by atoms with van der Waals surface area (Å²) in [6, 6.07) is 9.11. The van der Waals surface area contributed by atoms with Crippen LogP contribution in [0.1, 0.15) is 12.8 Å². The third-order valence-electron chi connectivity index (χ3n) is 2.52. The van der Waals surface area contributed by atoms with Crippen LogP contribution in [0.5, 0.6) is 5.75 Å². The van der Waals surface area contributed by atoms with E-state index in [1.54, 1.807) is 12.1 Å². The molecular formula is C11H18NO7PS. The quantitative estimate of drug-likeness (QED) is 0.559. The summed E-state index contributed by atoms with van der Waals surface area (Å²) in [5, 5.41) is 0. The van der Waals surface area contributed by atoms with Gasteiger partial charge in [0.25, 0.3) is 0 Å². The van der Waals surface area contributed by atoms with E-state index in [2.05, 4.69) is 0 Å². The summed E-state index contributed by atoms with van der Waals surface area (Å²) in [5.41, 5.74) is 5.52. The zero-order valence-corrected chi connectivity index (χ0v) is 12.9. The van der Waals surface area contributed by atoms with Crippen LogP contribution in [-0.4, -0.2) is 36.3 Å². The smallest absolute Gasteiger partial charge is 0.394 e. The molecule has 2 unspecified atom stereocenters. The predicted octanol–water partition coefficient (Wildman–Crippen LogP) is 1.74. The van der Waals surface area contributed by atoms with Crippen LogP contribution >= 0.6 is 7.60 Å². The Morgan fingerprint density at radius 1 is 1.33 bits per heavy atom. The molecule has 1 aliphatic rings. The van der Waals surface area contributed by atoms with Gasteiger partial charge in [-0.1, -0.05) is 18.2 Å². The molecule has 1 fully saturated rings. The van der Waals surface area contributed by atoms with E-state index in [-0.39, 0.29) is 6.10 Å². The van der Waals surface area contributed by atoms with Crippen LogP contribution < -0.4 is 10.3 Å². The molecule has 0 aromatic heterocycles. The first-order valence-electron chi connectivity index (χ1n) is 6.14. The van der Waals surface area contributed by atoms with E-state index in [0.29, 0.717) is 18.5 Å². The SMILES string of the molecule is NCC1CCCP(=O)(Oc2ccccc2)O1.O=S(=O)(O)O. The number of para-hydroxylation sites is 1. The second-order valence-electron chi connectivity index (χ2n) is 4.29. The van der Waals surface area contributed by atoms with Crippen LogP contribution in [0, 0.1) is 0 Å². The summed E-state index contributed by atoms with van der Waals surface area (Å²) in [5.74, 6) is 0.587. The number of rotatable bonds is 3. The minimum absolute atomic E-state index is 0.136. The second-order valence-corrected chi connectivity index (χ2v) is 7.25. The van der Waals surface area contributed by atoms with Gasteiger partial charge in [0.2, 0.25) is 0 Å². The molecule has 1 aliphatic heterocycles. The van der Waals surface area contributed by atoms with Crippen molar-refractivity contribution in [2.45, 2.75) is 18.9 Å². The van der Waals surface area contributed by atoms with Gasteiger partial charge in [0, 0.05) is 6.54 Å². The van der Waals surface area contributed by atoms with Crippen molar-refractivity contribution in [1.29, 1.82) is 0 Å². The summed E-state index contributed by atoms with van der Waals surface area (Å²) in [6.45, 7) is 0.391. The van der Waals surface area contributed by atoms with E-state index in [1.807, 2.05) is 18.2 Å². The molecule has 0 radical (unpaired) electrons. The van der Waals surface area contributed by atoms with Crippen molar-refractivity contribution in [2.75, 3.05) is 12.7 Å². The van der Waals surface area contributed by atoms with Gasteiger partial charge in [-0.25, -0.2) is 4.57 Å². The lowest BCUT2D eigenvalue weighted by Crippen LogP contribution is -2.27. The van der Waals surface area contributed by atoms with E-state index in [1.165, 1.54) is 0 Å². The Balaban J connectivity index is 0.000000383. The Labute approximate surface area is 123 Å². The Morgan fingerprint density at radius 2 is 1.90 bits per heavy atom. The Kier molecular flexibility index (Phi) is 6.79. The lowest BCUT2D eigenvalue weighted by Gasteiger charge is -2.28. The number of hydrogen-bond donors (Lipinski definition) is 3. The van der Waals surface area contributed by atoms with Crippen molar-refractivity contribution < 1.29 is 31.1 Å². The van der Waals surface area contributed by atoms with Gasteiger partial charge in [-0.2, -0.15) is 8.42 Å². The molecule has 1 aromatic carbocycles. The van der Waals surface area contributed by atoms with Gasteiger partial charge >= 0.3 is 18.0 Å². The lowest BCUT2D eigenvalue weighted by atomic mass is 10.2. The van der Waals surface area contributed by atoms with E-state index in [0.717, 1.165) is 12.8 Å². The van der Waals surface area contributed by atoms with Gasteiger partial charge in [0.05, 0.1) is 12.3 Å². The highest BCUT2D eigenvalue weighted by atomic mass is 32.3. The number of benzene rings is 1. The van der Waals surface area contributed by atoms with Gasteiger partial charge in [-0.05, 0) is 25.0 Å². The van der Waals surface area contributed by atoms with Crippen LogP contribution in [0.3, 0.4) is 0 Å². The second kappa shape index (κ2) is 7.88. The highest BCUT2D eigenvalue weighted by Crippen LogP contribution is 2.52. The van der Waals surface area contributed by atoms with Gasteiger partial charge in [0.15, 0.2) is 0 Å². The average molecular weight is 339 g/mol. The molecule has 21 heavy (non-hydrogen) atoms. The first-order valence-corrected chi connectivity index (χ1v) is 9.26. The minimum Gasteiger partial charge on any atom is -0.424 e. The summed E-state index contributed by atoms with van der Waals surface area (Å²) in [4.78, 5) is 0. The van der Waals surface area contributed by atoms with Crippen molar-refractivity contribution in [1.82, 2.24) is 0 Å². The van der Waals surface area contributed by atoms with Crippen LogP contribution in [0.25, 0.3) is 0 Å². The zero-order chi connectivity index (χ0) is 15.9. The maximum absolute atomic E-state index is 12.3. The average Bonchev–Trinajstić information content (AvgIpc) is 2.37. The molecule has 2 atom stereocenters. The Hall–Kier alpha value is -0.960. The minimum atomic E-state index is -4.67. The van der Waals surface area contributed by atoms with E-state index in [4.69, 9.17) is 32.3 Å². The van der Waals surface area contributed by atoms with Crippen molar-refractivity contribution in [3.63, 3.8) is 0 Å². The highest BCUT2D eigenvalue weighted by molar-refractivity contribution is 7.79. The van der Waals surface area contributed by atoms with Crippen LogP contribution in [0.2, 0.25) is 0 Å². The molecule has 0 bridgehead atoms. The summed E-state index contributed by atoms with van der Waals surface area (Å²) >= 11 is 0. The maximum Gasteiger partial charge on any atom is 0.394 e. The first kappa shape index (κ1) is 18.1. The van der Waals surface area contributed by atoms with E-state index < -0.39 is 18.0 Å². The van der Waals surface area contributed by atoms with Crippen LogP contribution in [-0.2, 0) is 19.5 Å². The monoisotopic (exact) mass is 339 g/mol. The summed E-state index contributed by atoms with van der Waals surface area (Å²) in [6.07, 6.45) is 2.03. The van der Waals surface area contributed by atoms with Gasteiger partial charge in [-0.15, -0.1) is 0 Å². The number of nitrogens with two attached hydrogens (primary N) is 1. The molecule has 8 nitrogen and oxygen atoms in total. The fourth-order valence-electron chi connectivity index (χ4n) is 1.72. The molecule has 1 saturated heterocycles. The zero-order valence-electron chi connectivity index (χ0n) is 11.2. The summed E-state index contributed by atoms with van der Waals surface area (Å²) in [7, 11) is -7.65. The van der Waals surface area contributed by atoms with Crippen molar-refractivity contribution in [3.05, 3.63) is 30.3 Å². The predicted molar refractivity (Wildman–Crippen MR) is 76.9 cm³/mol. The summed E-state index contributed by atoms with van der Waals surface area (Å²) < 4.78 is 54.7. The molecule has 1 aromatic rings. The van der Waals surface area contributed by atoms with Gasteiger partial charge in [0.1, 0.15) is 5.75 Å². The standard InChI is InChI=1S/C11H16NO3P.H2O4S/c12-9-11-7-4-8-16(13,15-11)14-10-5-2-1-3-6-10;1-5(2,3)4/h1-3,5-6,11H,4,7-9,12H2;(H2,1,2,3,4). The molecular weight excluding hydrogens is 321 g/mol. The molecule has 0 amide bonds. The Bertz CT molecular complexity index is 569. The molecule has 2 rings (SSSR count). The molecule has 0 saturated carbocycles. The third kappa shape index (κ3) is 8.15. The van der Waals surface area contributed by atoms with Crippen LogP contribution in [0.4, 0.5) is 0 Å². The topological polar surface area (TPSA) is 136 Å². The van der Waals surface area contributed by atoms with Crippen molar-refractivity contribution in [2.24, 2.45) is 5.73 Å². The maximum atomic E-state index is 12.3. The van der Waals surface area contributed by atoms with Crippen molar-refractivity contribution >= 4 is 18.0 Å². The molecule has 10 heteroatoms. The third-order valence-corrected chi connectivity index (χ3v) is 4.49. The van der Waals surface area contributed by atoms with Gasteiger partial charge in [-0.3, -0.25) is 13.6 Å². The van der Waals surface area contributed by atoms with Gasteiger partial charge < -0.3 is 10.3 Å². The molecule has 120 valence electrons. The van der Waals surface area contributed by atoms with Crippen molar-refractivity contribution in [3.8, 4) is 5.75 Å². The molecule has 0 aliphatic carbocycles. The molecule has 4 N–H and O–H groups in total.